The molecule has 2 N–H and O–H groups in total. The summed E-state index contributed by atoms with van der Waals surface area (Å²) >= 11 is 0. The smallest absolute Gasteiger partial charge is 0.182 e. The van der Waals surface area contributed by atoms with E-state index in [-0.39, 0.29) is 0 Å². The molecule has 0 radical (unpaired) electrons. The van der Waals surface area contributed by atoms with Crippen molar-refractivity contribution in [3.8, 4) is 0 Å². The van der Waals surface area contributed by atoms with Gasteiger partial charge in [0.2, 0.25) is 0 Å². The molecule has 0 unspecified atom stereocenters. The molecule has 0 amide bonds. The fourth-order valence-corrected chi connectivity index (χ4v) is 4.35. The van der Waals surface area contributed by atoms with E-state index in [0.717, 1.165) is 48.6 Å². The number of aromatic nitrogens is 6. The minimum Gasteiger partial charge on any atom is -0.361 e. The molecule has 0 atom stereocenters. The van der Waals surface area contributed by atoms with Gasteiger partial charge in [-0.2, -0.15) is 0 Å². The summed E-state index contributed by atoms with van der Waals surface area (Å²) in [6.07, 6.45) is 5.46. The number of nitrogens with zero attached hydrogens (tertiary/aromatic N) is 6. The summed E-state index contributed by atoms with van der Waals surface area (Å²) in [6, 6.07) is 9.49. The molecule has 0 bridgehead atoms. The van der Waals surface area contributed by atoms with Gasteiger partial charge in [-0.05, 0) is 38.8 Å². The van der Waals surface area contributed by atoms with Crippen LogP contribution in [0, 0.1) is 0 Å². The normalized spacial score (nSPS) is 16.2. The van der Waals surface area contributed by atoms with Gasteiger partial charge in [0, 0.05) is 25.2 Å². The number of hydrogen-bond acceptors (Lipinski definition) is 6. The van der Waals surface area contributed by atoms with E-state index in [1.165, 1.54) is 11.8 Å². The van der Waals surface area contributed by atoms with Crippen molar-refractivity contribution in [2.45, 2.75) is 45.3 Å². The molecule has 1 aliphatic heterocycles. The Morgan fingerprint density at radius 3 is 2.79 bits per heavy atom. The van der Waals surface area contributed by atoms with Crippen LogP contribution >= 0.6 is 0 Å². The molecule has 8 nitrogen and oxygen atoms in total. The van der Waals surface area contributed by atoms with Crippen LogP contribution < -0.4 is 5.32 Å². The standard InChI is InChI=1S/C21H26N8/c1-14(2)28-9-7-15(8-10-28)29-17-6-4-3-5-16(17)27-18(29)11-22-20-19-21(24-12-23-19)26-13-25-20/h3-6,12-15H,7-11H2,1-2H3,(H2,22,23,24,25,26). The van der Waals surface area contributed by atoms with Crippen molar-refractivity contribution < 1.29 is 0 Å². The summed E-state index contributed by atoms with van der Waals surface area (Å²) in [4.78, 5) is 23.4. The molecule has 0 saturated carbocycles. The number of H-pyrrole nitrogens is 1. The van der Waals surface area contributed by atoms with Gasteiger partial charge >= 0.3 is 0 Å². The highest BCUT2D eigenvalue weighted by Crippen LogP contribution is 2.30. The van der Waals surface area contributed by atoms with Crippen LogP contribution in [-0.2, 0) is 6.54 Å². The molecule has 4 heterocycles. The summed E-state index contributed by atoms with van der Waals surface area (Å²) in [7, 11) is 0. The van der Waals surface area contributed by atoms with E-state index in [9.17, 15) is 0 Å². The van der Waals surface area contributed by atoms with Crippen LogP contribution in [0.3, 0.4) is 0 Å². The topological polar surface area (TPSA) is 87.5 Å². The Morgan fingerprint density at radius 2 is 1.97 bits per heavy atom. The minimum atomic E-state index is 0.465. The number of imidazole rings is 2. The number of nitrogens with one attached hydrogen (secondary N) is 2. The van der Waals surface area contributed by atoms with Crippen LogP contribution in [0.2, 0.25) is 0 Å². The van der Waals surface area contributed by atoms with E-state index in [1.54, 1.807) is 6.33 Å². The molecule has 5 rings (SSSR count). The number of piperidine rings is 1. The first kappa shape index (κ1) is 18.1. The van der Waals surface area contributed by atoms with Crippen LogP contribution in [-0.4, -0.2) is 53.5 Å². The molecule has 29 heavy (non-hydrogen) atoms. The van der Waals surface area contributed by atoms with Gasteiger partial charge in [-0.25, -0.2) is 19.9 Å². The lowest BCUT2D eigenvalue weighted by molar-refractivity contribution is 0.152. The van der Waals surface area contributed by atoms with Gasteiger partial charge in [0.05, 0.1) is 23.9 Å². The molecule has 150 valence electrons. The number of anilines is 1. The summed E-state index contributed by atoms with van der Waals surface area (Å²) < 4.78 is 2.44. The Kier molecular flexibility index (Phi) is 4.63. The molecule has 1 aliphatic rings. The lowest BCUT2D eigenvalue weighted by Crippen LogP contribution is -2.39. The van der Waals surface area contributed by atoms with Crippen molar-refractivity contribution >= 4 is 28.0 Å². The zero-order valence-corrected chi connectivity index (χ0v) is 16.8. The van der Waals surface area contributed by atoms with E-state index in [0.29, 0.717) is 24.3 Å². The van der Waals surface area contributed by atoms with Crippen molar-refractivity contribution in [2.24, 2.45) is 0 Å². The zero-order valence-electron chi connectivity index (χ0n) is 16.8. The van der Waals surface area contributed by atoms with Gasteiger partial charge < -0.3 is 19.8 Å². The highest BCUT2D eigenvalue weighted by Gasteiger charge is 2.25. The fraction of sp³-hybridized carbons (Fsp3) is 0.429. The Bertz CT molecular complexity index is 1120. The maximum atomic E-state index is 4.94. The summed E-state index contributed by atoms with van der Waals surface area (Å²) in [5.41, 5.74) is 3.74. The number of aromatic amines is 1. The van der Waals surface area contributed by atoms with Gasteiger partial charge in [-0.3, -0.25) is 0 Å². The predicted molar refractivity (Wildman–Crippen MR) is 114 cm³/mol. The molecule has 3 aromatic heterocycles. The lowest BCUT2D eigenvalue weighted by atomic mass is 10.0. The monoisotopic (exact) mass is 390 g/mol. The van der Waals surface area contributed by atoms with Crippen molar-refractivity contribution in [2.75, 3.05) is 18.4 Å². The first-order chi connectivity index (χ1) is 14.2. The molecule has 0 spiro atoms. The predicted octanol–water partition coefficient (Wildman–Crippen LogP) is 3.36. The van der Waals surface area contributed by atoms with Crippen molar-refractivity contribution in [1.29, 1.82) is 0 Å². The largest absolute Gasteiger partial charge is 0.361 e. The SMILES string of the molecule is CC(C)N1CCC(n2c(CNc3ncnc4nc[nH]c34)nc3ccccc32)CC1. The molecule has 8 heteroatoms. The first-order valence-electron chi connectivity index (χ1n) is 10.3. The Balaban J connectivity index is 1.44. The average Bonchev–Trinajstić information content (AvgIpc) is 3.37. The van der Waals surface area contributed by atoms with Crippen LogP contribution in [0.15, 0.2) is 36.9 Å². The Labute approximate surface area is 169 Å². The van der Waals surface area contributed by atoms with Gasteiger partial charge in [-0.15, -0.1) is 0 Å². The van der Waals surface area contributed by atoms with E-state index in [2.05, 4.69) is 72.8 Å². The molecule has 1 aromatic carbocycles. The van der Waals surface area contributed by atoms with Crippen LogP contribution in [0.25, 0.3) is 22.2 Å². The molecule has 1 fully saturated rings. The van der Waals surface area contributed by atoms with Gasteiger partial charge in [-0.1, -0.05) is 12.1 Å². The van der Waals surface area contributed by atoms with Crippen LogP contribution in [0.1, 0.15) is 38.6 Å². The quantitative estimate of drug-likeness (QED) is 0.543. The Morgan fingerprint density at radius 1 is 1.14 bits per heavy atom. The second kappa shape index (κ2) is 7.44. The number of fused-ring (bicyclic) bond motifs is 2. The van der Waals surface area contributed by atoms with E-state index >= 15 is 0 Å². The molecule has 0 aliphatic carbocycles. The maximum Gasteiger partial charge on any atom is 0.182 e. The highest BCUT2D eigenvalue weighted by atomic mass is 15.2. The fourth-order valence-electron chi connectivity index (χ4n) is 4.35. The average molecular weight is 390 g/mol. The third kappa shape index (κ3) is 3.33. The van der Waals surface area contributed by atoms with Crippen LogP contribution in [0.5, 0.6) is 0 Å². The lowest BCUT2D eigenvalue weighted by Gasteiger charge is -2.35. The third-order valence-electron chi connectivity index (χ3n) is 5.90. The summed E-state index contributed by atoms with van der Waals surface area (Å²) in [5.74, 6) is 1.79. The number of hydrogen-bond donors (Lipinski definition) is 2. The van der Waals surface area contributed by atoms with Crippen LogP contribution in [0.4, 0.5) is 5.82 Å². The van der Waals surface area contributed by atoms with Crippen molar-refractivity contribution in [1.82, 2.24) is 34.4 Å². The number of rotatable bonds is 5. The highest BCUT2D eigenvalue weighted by molar-refractivity contribution is 5.82. The molecule has 1 saturated heterocycles. The number of benzene rings is 1. The number of para-hydroxylation sites is 2. The molecular formula is C21H26N8. The maximum absolute atomic E-state index is 4.94. The second-order valence-electron chi connectivity index (χ2n) is 7.92. The van der Waals surface area contributed by atoms with Crippen molar-refractivity contribution in [3.63, 3.8) is 0 Å². The second-order valence-corrected chi connectivity index (χ2v) is 7.92. The minimum absolute atomic E-state index is 0.465. The molecule has 4 aromatic rings. The van der Waals surface area contributed by atoms with E-state index in [4.69, 9.17) is 4.98 Å². The summed E-state index contributed by atoms with van der Waals surface area (Å²) in [5, 5.41) is 3.44. The van der Waals surface area contributed by atoms with E-state index in [1.807, 2.05) is 0 Å². The molecular weight excluding hydrogens is 364 g/mol. The third-order valence-corrected chi connectivity index (χ3v) is 5.90. The Hall–Kier alpha value is -3.00. The van der Waals surface area contributed by atoms with Gasteiger partial charge in [0.1, 0.15) is 17.7 Å². The van der Waals surface area contributed by atoms with E-state index < -0.39 is 0 Å². The summed E-state index contributed by atoms with van der Waals surface area (Å²) in [6.45, 7) is 7.41. The first-order valence-corrected chi connectivity index (χ1v) is 10.3. The van der Waals surface area contributed by atoms with Crippen molar-refractivity contribution in [3.05, 3.63) is 42.7 Å². The zero-order chi connectivity index (χ0) is 19.8. The van der Waals surface area contributed by atoms with Gasteiger partial charge in [0.25, 0.3) is 0 Å². The van der Waals surface area contributed by atoms with Gasteiger partial charge in [0.15, 0.2) is 11.5 Å². The number of likely N-dealkylation sites (tertiary alicyclic amines) is 1.